The van der Waals surface area contributed by atoms with Gasteiger partial charge in [0, 0.05) is 12.1 Å². The van der Waals surface area contributed by atoms with Crippen molar-refractivity contribution < 1.29 is 23.6 Å². The summed E-state index contributed by atoms with van der Waals surface area (Å²) in [5, 5.41) is 11.6. The van der Waals surface area contributed by atoms with Gasteiger partial charge in [-0.05, 0) is 38.8 Å². The third-order valence-corrected chi connectivity index (χ3v) is 4.56. The van der Waals surface area contributed by atoms with Gasteiger partial charge in [-0.25, -0.2) is 0 Å². The number of hydrogen-bond donors (Lipinski definition) is 0. The van der Waals surface area contributed by atoms with Crippen molar-refractivity contribution in [2.45, 2.75) is 38.8 Å². The summed E-state index contributed by atoms with van der Waals surface area (Å²) in [6.45, 7) is 3.95. The molecule has 8 nitrogen and oxygen atoms in total. The van der Waals surface area contributed by atoms with Gasteiger partial charge in [-0.1, -0.05) is 0 Å². The highest BCUT2D eigenvalue weighted by Crippen LogP contribution is 2.40. The zero-order valence-electron chi connectivity index (χ0n) is 15.5. The smallest absolute Gasteiger partial charge is 0.286 e. The molecule has 144 valence electrons. The van der Waals surface area contributed by atoms with E-state index in [0.717, 1.165) is 12.8 Å². The summed E-state index contributed by atoms with van der Waals surface area (Å²) in [5.41, 5.74) is -0.327. The Kier molecular flexibility index (Phi) is 5.34. The van der Waals surface area contributed by atoms with Crippen LogP contribution >= 0.6 is 0 Å². The molecule has 1 aliphatic rings. The molecule has 0 spiro atoms. The maximum absolute atomic E-state index is 13.3. The Morgan fingerprint density at radius 1 is 1.41 bits per heavy atom. The van der Waals surface area contributed by atoms with Crippen LogP contribution in [0.25, 0.3) is 0 Å². The molecule has 3 rings (SSSR count). The fourth-order valence-corrected chi connectivity index (χ4v) is 3.12. The lowest BCUT2D eigenvalue weighted by molar-refractivity contribution is -0.385. The van der Waals surface area contributed by atoms with Crippen LogP contribution in [0.5, 0.6) is 11.5 Å². The van der Waals surface area contributed by atoms with Crippen LogP contribution < -0.4 is 9.47 Å². The van der Waals surface area contributed by atoms with E-state index < -0.39 is 10.8 Å². The molecule has 0 radical (unpaired) electrons. The summed E-state index contributed by atoms with van der Waals surface area (Å²) < 4.78 is 16.1. The van der Waals surface area contributed by atoms with E-state index in [4.69, 9.17) is 13.9 Å². The maximum atomic E-state index is 13.3. The molecular weight excluding hydrogens is 352 g/mol. The maximum Gasteiger partial charge on any atom is 0.286 e. The third kappa shape index (κ3) is 3.74. The van der Waals surface area contributed by atoms with Gasteiger partial charge in [-0.3, -0.25) is 14.9 Å². The van der Waals surface area contributed by atoms with Crippen LogP contribution in [0.2, 0.25) is 0 Å². The van der Waals surface area contributed by atoms with E-state index in [-0.39, 0.29) is 34.8 Å². The van der Waals surface area contributed by atoms with E-state index in [0.29, 0.717) is 12.4 Å². The van der Waals surface area contributed by atoms with Gasteiger partial charge >= 0.3 is 0 Å². The Labute approximate surface area is 156 Å². The molecule has 1 amide bonds. The predicted octanol–water partition coefficient (Wildman–Crippen LogP) is 3.96. The highest BCUT2D eigenvalue weighted by Gasteiger charge is 2.40. The first kappa shape index (κ1) is 18.8. The second-order valence-electron chi connectivity index (χ2n) is 6.35. The quantitative estimate of drug-likeness (QED) is 0.513. The number of amides is 1. The summed E-state index contributed by atoms with van der Waals surface area (Å²) in [6, 6.07) is 5.88. The molecule has 0 aliphatic heterocycles. The van der Waals surface area contributed by atoms with Crippen molar-refractivity contribution in [1.29, 1.82) is 0 Å². The monoisotopic (exact) mass is 374 g/mol. The minimum atomic E-state index is -0.572. The molecule has 8 heteroatoms. The number of benzene rings is 1. The normalized spacial score (nSPS) is 14.5. The van der Waals surface area contributed by atoms with E-state index in [1.165, 1.54) is 19.2 Å². The van der Waals surface area contributed by atoms with Crippen LogP contribution in [0.3, 0.4) is 0 Å². The second-order valence-corrected chi connectivity index (χ2v) is 6.35. The fraction of sp³-hybridized carbons (Fsp3) is 0.421. The van der Waals surface area contributed by atoms with Crippen LogP contribution in [0, 0.1) is 10.1 Å². The number of carbonyl (C=O) groups excluding carboxylic acids is 1. The molecule has 2 aromatic rings. The number of methoxy groups -OCH3 is 1. The van der Waals surface area contributed by atoms with Crippen molar-refractivity contribution in [3.05, 3.63) is 52.0 Å². The first-order valence-electron chi connectivity index (χ1n) is 8.83. The molecule has 1 atom stereocenters. The molecular formula is C19H22N2O6. The highest BCUT2D eigenvalue weighted by atomic mass is 16.6. The molecule has 27 heavy (non-hydrogen) atoms. The Morgan fingerprint density at radius 2 is 2.15 bits per heavy atom. The van der Waals surface area contributed by atoms with Gasteiger partial charge in [0.05, 0.1) is 37.0 Å². The van der Waals surface area contributed by atoms with Crippen LogP contribution in [-0.4, -0.2) is 35.5 Å². The summed E-state index contributed by atoms with van der Waals surface area (Å²) in [7, 11) is 1.43. The van der Waals surface area contributed by atoms with Gasteiger partial charge in [-0.2, -0.15) is 0 Å². The number of hydrogen-bond acceptors (Lipinski definition) is 6. The molecule has 1 saturated carbocycles. The summed E-state index contributed by atoms with van der Waals surface area (Å²) >= 11 is 0. The topological polar surface area (TPSA) is 95.0 Å². The van der Waals surface area contributed by atoms with E-state index >= 15 is 0 Å². The average Bonchev–Trinajstić information content (AvgIpc) is 3.32. The van der Waals surface area contributed by atoms with Gasteiger partial charge in [0.1, 0.15) is 11.3 Å². The molecule has 0 N–H and O–H groups in total. The number of nitro benzene ring substituents is 1. The first-order chi connectivity index (χ1) is 13.0. The fourth-order valence-electron chi connectivity index (χ4n) is 3.12. The minimum absolute atomic E-state index is 0.0226. The Bertz CT molecular complexity index is 829. The SMILES string of the molecule is CCOc1cc([N+](=O)[O-])c(C(=O)N(C2CC2)C(C)c2ccco2)cc1OC. The van der Waals surface area contributed by atoms with Crippen molar-refractivity contribution >= 4 is 11.6 Å². The zero-order valence-corrected chi connectivity index (χ0v) is 15.5. The lowest BCUT2D eigenvalue weighted by atomic mass is 10.1. The molecule has 1 unspecified atom stereocenters. The average molecular weight is 374 g/mol. The number of nitro groups is 1. The van der Waals surface area contributed by atoms with Gasteiger partial charge in [0.2, 0.25) is 0 Å². The lowest BCUT2D eigenvalue weighted by Crippen LogP contribution is -2.35. The van der Waals surface area contributed by atoms with Gasteiger partial charge in [0.25, 0.3) is 11.6 Å². The Hall–Kier alpha value is -3.03. The molecule has 1 aliphatic carbocycles. The Morgan fingerprint density at radius 3 is 2.67 bits per heavy atom. The highest BCUT2D eigenvalue weighted by molar-refractivity contribution is 5.99. The van der Waals surface area contributed by atoms with Crippen LogP contribution in [0.1, 0.15) is 48.8 Å². The van der Waals surface area contributed by atoms with E-state index in [2.05, 4.69) is 0 Å². The molecule has 1 aromatic heterocycles. The van der Waals surface area contributed by atoms with Crippen molar-refractivity contribution in [3.63, 3.8) is 0 Å². The van der Waals surface area contributed by atoms with E-state index in [1.54, 1.807) is 30.2 Å². The summed E-state index contributed by atoms with van der Waals surface area (Å²) in [4.78, 5) is 26.0. The largest absolute Gasteiger partial charge is 0.493 e. The number of carbonyl (C=O) groups is 1. The zero-order chi connectivity index (χ0) is 19.6. The lowest BCUT2D eigenvalue weighted by Gasteiger charge is -2.28. The summed E-state index contributed by atoms with van der Waals surface area (Å²) in [5.74, 6) is 0.734. The van der Waals surface area contributed by atoms with Crippen molar-refractivity contribution in [2.75, 3.05) is 13.7 Å². The van der Waals surface area contributed by atoms with Gasteiger partial charge in [0.15, 0.2) is 11.5 Å². The van der Waals surface area contributed by atoms with Crippen LogP contribution in [-0.2, 0) is 0 Å². The second kappa shape index (κ2) is 7.69. The van der Waals surface area contributed by atoms with Gasteiger partial charge in [-0.15, -0.1) is 0 Å². The summed E-state index contributed by atoms with van der Waals surface area (Å²) in [6.07, 6.45) is 3.27. The predicted molar refractivity (Wildman–Crippen MR) is 97.1 cm³/mol. The third-order valence-electron chi connectivity index (χ3n) is 4.56. The number of rotatable bonds is 8. The Balaban J connectivity index is 2.04. The molecule has 0 bridgehead atoms. The first-order valence-corrected chi connectivity index (χ1v) is 8.83. The number of ether oxygens (including phenoxy) is 2. The molecule has 1 heterocycles. The van der Waals surface area contributed by atoms with E-state index in [9.17, 15) is 14.9 Å². The number of nitrogens with zero attached hydrogens (tertiary/aromatic N) is 2. The molecule has 0 saturated heterocycles. The molecule has 1 fully saturated rings. The molecule has 1 aromatic carbocycles. The minimum Gasteiger partial charge on any atom is -0.493 e. The standard InChI is InChI=1S/C19H22N2O6/c1-4-26-18-11-15(21(23)24)14(10-17(18)25-3)19(22)20(13-7-8-13)12(2)16-6-5-9-27-16/h5-6,9-13H,4,7-8H2,1-3H3. The van der Waals surface area contributed by atoms with Crippen molar-refractivity contribution in [3.8, 4) is 11.5 Å². The van der Waals surface area contributed by atoms with Crippen LogP contribution in [0.15, 0.2) is 34.9 Å². The number of furan rings is 1. The van der Waals surface area contributed by atoms with Gasteiger partial charge < -0.3 is 18.8 Å². The van der Waals surface area contributed by atoms with Crippen LogP contribution in [0.4, 0.5) is 5.69 Å². The van der Waals surface area contributed by atoms with E-state index in [1.807, 2.05) is 6.92 Å². The van der Waals surface area contributed by atoms with Crippen molar-refractivity contribution in [1.82, 2.24) is 4.90 Å². The van der Waals surface area contributed by atoms with Crippen molar-refractivity contribution in [2.24, 2.45) is 0 Å².